The van der Waals surface area contributed by atoms with Gasteiger partial charge in [0.15, 0.2) is 0 Å². The Morgan fingerprint density at radius 3 is 2.86 bits per heavy atom. The van der Waals surface area contributed by atoms with Gasteiger partial charge in [0.05, 0.1) is 5.02 Å². The van der Waals surface area contributed by atoms with Crippen molar-refractivity contribution in [2.24, 2.45) is 0 Å². The average Bonchev–Trinajstić information content (AvgIpc) is 2.49. The van der Waals surface area contributed by atoms with Gasteiger partial charge in [0.1, 0.15) is 17.3 Å². The van der Waals surface area contributed by atoms with Gasteiger partial charge in [0.2, 0.25) is 0 Å². The van der Waals surface area contributed by atoms with Gasteiger partial charge < -0.3 is 10.6 Å². The summed E-state index contributed by atoms with van der Waals surface area (Å²) in [6.45, 7) is 2.94. The van der Waals surface area contributed by atoms with Crippen molar-refractivity contribution in [3.05, 3.63) is 58.5 Å². The van der Waals surface area contributed by atoms with Crippen molar-refractivity contribution in [3.63, 3.8) is 0 Å². The zero-order chi connectivity index (χ0) is 15.2. The number of rotatable bonds is 5. The number of hydrogen-bond donors (Lipinski definition) is 2. The van der Waals surface area contributed by atoms with Crippen molar-refractivity contribution in [1.29, 1.82) is 0 Å². The predicted molar refractivity (Wildman–Crippen MR) is 81.0 cm³/mol. The Hall–Kier alpha value is -2.14. The molecule has 2 aromatic rings. The van der Waals surface area contributed by atoms with Crippen molar-refractivity contribution in [1.82, 2.24) is 10.3 Å². The van der Waals surface area contributed by atoms with E-state index in [1.54, 1.807) is 24.3 Å². The van der Waals surface area contributed by atoms with Crippen LogP contribution in [0.5, 0.6) is 0 Å². The Kier molecular flexibility index (Phi) is 5.11. The van der Waals surface area contributed by atoms with Gasteiger partial charge >= 0.3 is 0 Å². The largest absolute Gasteiger partial charge is 0.370 e. The van der Waals surface area contributed by atoms with Crippen LogP contribution in [0.3, 0.4) is 0 Å². The van der Waals surface area contributed by atoms with E-state index in [0.717, 1.165) is 12.1 Å². The molecule has 1 amide bonds. The van der Waals surface area contributed by atoms with Gasteiger partial charge in [-0.05, 0) is 36.8 Å². The zero-order valence-corrected chi connectivity index (χ0v) is 12.2. The number of aromatic nitrogens is 1. The molecule has 0 saturated carbocycles. The summed E-state index contributed by atoms with van der Waals surface area (Å²) in [4.78, 5) is 16.2. The maximum Gasteiger partial charge on any atom is 0.270 e. The lowest BCUT2D eigenvalue weighted by Gasteiger charge is -2.07. The Morgan fingerprint density at radius 2 is 2.14 bits per heavy atom. The van der Waals surface area contributed by atoms with Crippen LogP contribution >= 0.6 is 11.6 Å². The van der Waals surface area contributed by atoms with Gasteiger partial charge in [-0.1, -0.05) is 23.7 Å². The topological polar surface area (TPSA) is 54.0 Å². The molecule has 0 unspecified atom stereocenters. The van der Waals surface area contributed by atoms with Crippen LogP contribution in [0, 0.1) is 5.82 Å². The third-order valence-electron chi connectivity index (χ3n) is 2.78. The third-order valence-corrected chi connectivity index (χ3v) is 3.07. The molecule has 110 valence electrons. The normalized spacial score (nSPS) is 10.2. The highest BCUT2D eigenvalue weighted by Gasteiger charge is 2.08. The number of carbonyl (C=O) groups excluding carboxylic acids is 1. The van der Waals surface area contributed by atoms with Crippen molar-refractivity contribution in [2.45, 2.75) is 13.5 Å². The minimum atomic E-state index is -0.480. The summed E-state index contributed by atoms with van der Waals surface area (Å²) in [5.74, 6) is -0.128. The van der Waals surface area contributed by atoms with E-state index in [4.69, 9.17) is 11.6 Å². The number of hydrogen-bond acceptors (Lipinski definition) is 3. The fraction of sp³-hybridized carbons (Fsp3) is 0.200. The molecule has 1 aromatic heterocycles. The molecule has 4 nitrogen and oxygen atoms in total. The Labute approximate surface area is 127 Å². The van der Waals surface area contributed by atoms with E-state index in [1.165, 1.54) is 12.1 Å². The molecule has 1 aromatic carbocycles. The molecule has 0 aliphatic rings. The van der Waals surface area contributed by atoms with E-state index in [2.05, 4.69) is 15.6 Å². The summed E-state index contributed by atoms with van der Waals surface area (Å²) >= 11 is 5.69. The molecule has 2 rings (SSSR count). The molecular formula is C15H15ClFN3O. The van der Waals surface area contributed by atoms with Crippen LogP contribution in [0.4, 0.5) is 10.2 Å². The van der Waals surface area contributed by atoms with Gasteiger partial charge in [-0.2, -0.15) is 0 Å². The number of nitrogens with one attached hydrogen (secondary N) is 2. The number of nitrogens with zero attached hydrogens (tertiary/aromatic N) is 1. The Balaban J connectivity index is 2.01. The van der Waals surface area contributed by atoms with Crippen LogP contribution in [0.1, 0.15) is 23.0 Å². The lowest BCUT2D eigenvalue weighted by Crippen LogP contribution is -2.24. The van der Waals surface area contributed by atoms with Gasteiger partial charge in [0.25, 0.3) is 5.91 Å². The fourth-order valence-corrected chi connectivity index (χ4v) is 1.97. The summed E-state index contributed by atoms with van der Waals surface area (Å²) in [6.07, 6.45) is 0. The summed E-state index contributed by atoms with van der Waals surface area (Å²) < 4.78 is 13.0. The first-order chi connectivity index (χ1) is 10.1. The third kappa shape index (κ3) is 4.16. The van der Waals surface area contributed by atoms with Crippen molar-refractivity contribution >= 4 is 23.3 Å². The number of amides is 1. The predicted octanol–water partition coefficient (Wildman–Crippen LogP) is 3.24. The van der Waals surface area contributed by atoms with Gasteiger partial charge in [0, 0.05) is 13.1 Å². The second-order valence-electron chi connectivity index (χ2n) is 4.37. The molecule has 0 aliphatic heterocycles. The molecule has 0 aliphatic carbocycles. The molecule has 0 fully saturated rings. The van der Waals surface area contributed by atoms with E-state index in [0.29, 0.717) is 11.5 Å². The van der Waals surface area contributed by atoms with Crippen LogP contribution in [-0.4, -0.2) is 17.4 Å². The Morgan fingerprint density at radius 1 is 1.33 bits per heavy atom. The van der Waals surface area contributed by atoms with Crippen LogP contribution in [0.25, 0.3) is 0 Å². The molecule has 0 bridgehead atoms. The molecule has 0 radical (unpaired) electrons. The standard InChI is InChI=1S/C15H15ClFN3O/c1-2-18-14-5-3-4-13(20-14)15(21)19-9-10-6-7-12(17)11(16)8-10/h3-8H,2,9H2,1H3,(H,18,20)(H,19,21). The van der Waals surface area contributed by atoms with E-state index in [1.807, 2.05) is 6.92 Å². The average molecular weight is 308 g/mol. The fourth-order valence-electron chi connectivity index (χ4n) is 1.76. The van der Waals surface area contributed by atoms with E-state index in [9.17, 15) is 9.18 Å². The number of benzene rings is 1. The second-order valence-corrected chi connectivity index (χ2v) is 4.78. The minimum Gasteiger partial charge on any atom is -0.370 e. The SMILES string of the molecule is CCNc1cccc(C(=O)NCc2ccc(F)c(Cl)c2)n1. The molecule has 21 heavy (non-hydrogen) atoms. The lowest BCUT2D eigenvalue weighted by atomic mass is 10.2. The molecule has 1 heterocycles. The zero-order valence-electron chi connectivity index (χ0n) is 11.5. The van der Waals surface area contributed by atoms with Crippen LogP contribution < -0.4 is 10.6 Å². The van der Waals surface area contributed by atoms with E-state index < -0.39 is 5.82 Å². The lowest BCUT2D eigenvalue weighted by molar-refractivity contribution is 0.0946. The molecule has 0 spiro atoms. The van der Waals surface area contributed by atoms with Crippen molar-refractivity contribution in [2.75, 3.05) is 11.9 Å². The van der Waals surface area contributed by atoms with Crippen LogP contribution in [0.2, 0.25) is 5.02 Å². The van der Waals surface area contributed by atoms with Gasteiger partial charge in [-0.15, -0.1) is 0 Å². The molecule has 0 saturated heterocycles. The first kappa shape index (κ1) is 15.3. The molecule has 2 N–H and O–H groups in total. The Bertz CT molecular complexity index is 649. The summed E-state index contributed by atoms with van der Waals surface area (Å²) in [5, 5.41) is 5.80. The number of carbonyl (C=O) groups is 1. The number of halogens is 2. The van der Waals surface area contributed by atoms with E-state index in [-0.39, 0.29) is 17.5 Å². The van der Waals surface area contributed by atoms with Crippen molar-refractivity contribution in [3.8, 4) is 0 Å². The maximum atomic E-state index is 13.0. The molecular weight excluding hydrogens is 293 g/mol. The monoisotopic (exact) mass is 307 g/mol. The highest BCUT2D eigenvalue weighted by molar-refractivity contribution is 6.30. The minimum absolute atomic E-state index is 0.0361. The second kappa shape index (κ2) is 7.04. The van der Waals surface area contributed by atoms with Crippen LogP contribution in [0.15, 0.2) is 36.4 Å². The highest BCUT2D eigenvalue weighted by atomic mass is 35.5. The van der Waals surface area contributed by atoms with Gasteiger partial charge in [-0.25, -0.2) is 9.37 Å². The first-order valence-corrected chi connectivity index (χ1v) is 6.91. The number of pyridine rings is 1. The highest BCUT2D eigenvalue weighted by Crippen LogP contribution is 2.16. The quantitative estimate of drug-likeness (QED) is 0.891. The van der Waals surface area contributed by atoms with E-state index >= 15 is 0 Å². The van der Waals surface area contributed by atoms with Crippen molar-refractivity contribution < 1.29 is 9.18 Å². The maximum absolute atomic E-state index is 13.0. The summed E-state index contributed by atoms with van der Waals surface area (Å²) in [7, 11) is 0. The molecule has 6 heteroatoms. The number of anilines is 1. The van der Waals surface area contributed by atoms with Gasteiger partial charge in [-0.3, -0.25) is 4.79 Å². The summed E-state index contributed by atoms with van der Waals surface area (Å²) in [5.41, 5.74) is 1.04. The smallest absolute Gasteiger partial charge is 0.270 e. The first-order valence-electron chi connectivity index (χ1n) is 6.53. The summed E-state index contributed by atoms with van der Waals surface area (Å²) in [6, 6.07) is 9.51. The molecule has 0 atom stereocenters. The van der Waals surface area contributed by atoms with Crippen LogP contribution in [-0.2, 0) is 6.54 Å².